The van der Waals surface area contributed by atoms with Crippen molar-refractivity contribution in [3.8, 4) is 0 Å². The van der Waals surface area contributed by atoms with Crippen LogP contribution in [0.15, 0.2) is 59.2 Å². The van der Waals surface area contributed by atoms with Gasteiger partial charge in [-0.1, -0.05) is 29.9 Å². The molecule has 0 bridgehead atoms. The standard InChI is InChI=1S/C18H20N2O4S/c1-12(5-7-18(21)20-22)8-14(3)25(23,24)16-10-15-6-4-13(2)9-17(15)19-11-16/h4-11,14,22H,1-3H3,(H,20,21)/b7-5+,12-8+. The molecule has 0 aliphatic rings. The van der Waals surface area contributed by atoms with Gasteiger partial charge in [-0.15, -0.1) is 0 Å². The zero-order chi connectivity index (χ0) is 18.6. The van der Waals surface area contributed by atoms with E-state index in [1.807, 2.05) is 25.1 Å². The summed E-state index contributed by atoms with van der Waals surface area (Å²) in [5.74, 6) is -0.683. The first kappa shape index (κ1) is 18.8. The second kappa shape index (κ2) is 7.58. The minimum absolute atomic E-state index is 0.150. The van der Waals surface area contributed by atoms with Gasteiger partial charge in [0.2, 0.25) is 0 Å². The number of benzene rings is 1. The van der Waals surface area contributed by atoms with E-state index in [0.29, 0.717) is 5.57 Å². The van der Waals surface area contributed by atoms with Crippen molar-refractivity contribution in [2.75, 3.05) is 0 Å². The predicted octanol–water partition coefficient (Wildman–Crippen LogP) is 2.71. The van der Waals surface area contributed by atoms with Crippen molar-refractivity contribution in [2.45, 2.75) is 30.9 Å². The molecule has 0 aliphatic carbocycles. The molecule has 25 heavy (non-hydrogen) atoms. The second-order valence-electron chi connectivity index (χ2n) is 5.84. The summed E-state index contributed by atoms with van der Waals surface area (Å²) in [6.45, 7) is 5.19. The zero-order valence-electron chi connectivity index (χ0n) is 14.2. The number of allylic oxidation sites excluding steroid dienone is 2. The molecule has 0 saturated carbocycles. The van der Waals surface area contributed by atoms with Crippen molar-refractivity contribution in [1.82, 2.24) is 10.5 Å². The molecule has 2 rings (SSSR count). The number of aryl methyl sites for hydroxylation is 1. The molecule has 0 aliphatic heterocycles. The smallest absolute Gasteiger partial charge is 0.267 e. The van der Waals surface area contributed by atoms with Gasteiger partial charge in [0.1, 0.15) is 0 Å². The normalized spacial score (nSPS) is 14.0. The number of hydroxylamine groups is 1. The molecule has 0 radical (unpaired) electrons. The summed E-state index contributed by atoms with van der Waals surface area (Å²) >= 11 is 0. The monoisotopic (exact) mass is 360 g/mol. The molecule has 2 aromatic rings. The Hall–Kier alpha value is -2.51. The fourth-order valence-electron chi connectivity index (χ4n) is 2.34. The minimum atomic E-state index is -3.60. The first-order valence-corrected chi connectivity index (χ1v) is 9.19. The van der Waals surface area contributed by atoms with Gasteiger partial charge in [-0.2, -0.15) is 0 Å². The van der Waals surface area contributed by atoms with Crippen LogP contribution in [0.25, 0.3) is 10.9 Å². The maximum atomic E-state index is 12.7. The Kier molecular flexibility index (Phi) is 5.71. The summed E-state index contributed by atoms with van der Waals surface area (Å²) in [7, 11) is -3.60. The summed E-state index contributed by atoms with van der Waals surface area (Å²) in [6.07, 6.45) is 5.45. The maximum Gasteiger partial charge on any atom is 0.267 e. The summed E-state index contributed by atoms with van der Waals surface area (Å²) in [5, 5.41) is 8.41. The molecule has 1 aromatic carbocycles. The number of rotatable bonds is 5. The van der Waals surface area contributed by atoms with Gasteiger partial charge in [0.15, 0.2) is 9.84 Å². The van der Waals surface area contributed by atoms with E-state index in [-0.39, 0.29) is 4.90 Å². The highest BCUT2D eigenvalue weighted by atomic mass is 32.2. The minimum Gasteiger partial charge on any atom is -0.288 e. The molecule has 7 heteroatoms. The van der Waals surface area contributed by atoms with Crippen molar-refractivity contribution in [1.29, 1.82) is 0 Å². The van der Waals surface area contributed by atoms with Crippen molar-refractivity contribution in [3.05, 3.63) is 59.8 Å². The number of amides is 1. The number of aromatic nitrogens is 1. The first-order chi connectivity index (χ1) is 11.7. The average molecular weight is 360 g/mol. The number of carbonyl (C=O) groups is 1. The third-order valence-corrected chi connectivity index (χ3v) is 5.73. The molecule has 1 aromatic heterocycles. The fourth-order valence-corrected chi connectivity index (χ4v) is 3.66. The highest BCUT2D eigenvalue weighted by Gasteiger charge is 2.22. The van der Waals surface area contributed by atoms with Gasteiger partial charge in [-0.3, -0.25) is 15.0 Å². The summed E-state index contributed by atoms with van der Waals surface area (Å²) < 4.78 is 25.5. The number of nitrogens with one attached hydrogen (secondary N) is 1. The van der Waals surface area contributed by atoms with Gasteiger partial charge in [-0.05, 0) is 38.5 Å². The first-order valence-electron chi connectivity index (χ1n) is 7.65. The van der Waals surface area contributed by atoms with Crippen molar-refractivity contribution in [2.24, 2.45) is 0 Å². The van der Waals surface area contributed by atoms with Crippen LogP contribution in [0.5, 0.6) is 0 Å². The molecule has 1 amide bonds. The number of carbonyl (C=O) groups excluding carboxylic acids is 1. The van der Waals surface area contributed by atoms with Crippen LogP contribution in [-0.4, -0.2) is 29.8 Å². The van der Waals surface area contributed by atoms with E-state index < -0.39 is 21.0 Å². The van der Waals surface area contributed by atoms with Crippen LogP contribution in [0.3, 0.4) is 0 Å². The lowest BCUT2D eigenvalue weighted by Crippen LogP contribution is -2.16. The molecule has 0 spiro atoms. The van der Waals surface area contributed by atoms with Crippen molar-refractivity contribution >= 4 is 26.6 Å². The van der Waals surface area contributed by atoms with E-state index >= 15 is 0 Å². The number of sulfone groups is 1. The van der Waals surface area contributed by atoms with E-state index in [9.17, 15) is 13.2 Å². The van der Waals surface area contributed by atoms with E-state index in [4.69, 9.17) is 5.21 Å². The Bertz CT molecular complexity index is 962. The van der Waals surface area contributed by atoms with Crippen molar-refractivity contribution < 1.29 is 18.4 Å². The number of hydrogen-bond donors (Lipinski definition) is 2. The van der Waals surface area contributed by atoms with Crippen LogP contribution in [0.2, 0.25) is 0 Å². The van der Waals surface area contributed by atoms with Crippen LogP contribution in [0, 0.1) is 6.92 Å². The number of nitrogens with zero attached hydrogens (tertiary/aromatic N) is 1. The molecular formula is C18H20N2O4S. The summed E-state index contributed by atoms with van der Waals surface area (Å²) in [6, 6.07) is 7.27. The van der Waals surface area contributed by atoms with E-state index in [0.717, 1.165) is 22.5 Å². The topological polar surface area (TPSA) is 96.4 Å². The van der Waals surface area contributed by atoms with Gasteiger partial charge < -0.3 is 0 Å². The zero-order valence-corrected chi connectivity index (χ0v) is 15.0. The van der Waals surface area contributed by atoms with Gasteiger partial charge in [0, 0.05) is 17.7 Å². The molecule has 1 heterocycles. The molecule has 2 N–H and O–H groups in total. The largest absolute Gasteiger partial charge is 0.288 e. The molecule has 1 atom stereocenters. The number of hydrogen-bond acceptors (Lipinski definition) is 5. The Balaban J connectivity index is 2.32. The quantitative estimate of drug-likeness (QED) is 0.370. The lowest BCUT2D eigenvalue weighted by Gasteiger charge is -2.10. The third kappa shape index (κ3) is 4.52. The van der Waals surface area contributed by atoms with Crippen LogP contribution in [0.4, 0.5) is 0 Å². The highest BCUT2D eigenvalue weighted by molar-refractivity contribution is 7.92. The molecular weight excluding hydrogens is 340 g/mol. The third-order valence-electron chi connectivity index (χ3n) is 3.74. The fraction of sp³-hybridized carbons (Fsp3) is 0.222. The molecule has 1 unspecified atom stereocenters. The van der Waals surface area contributed by atoms with Gasteiger partial charge in [-0.25, -0.2) is 13.9 Å². The van der Waals surface area contributed by atoms with Crippen LogP contribution in [-0.2, 0) is 14.6 Å². The predicted molar refractivity (Wildman–Crippen MR) is 96.0 cm³/mol. The van der Waals surface area contributed by atoms with Gasteiger partial charge in [0.25, 0.3) is 5.91 Å². The maximum absolute atomic E-state index is 12.7. The van der Waals surface area contributed by atoms with Crippen LogP contribution in [0.1, 0.15) is 19.4 Å². The molecule has 6 nitrogen and oxygen atoms in total. The van der Waals surface area contributed by atoms with E-state index in [1.54, 1.807) is 19.9 Å². The van der Waals surface area contributed by atoms with Gasteiger partial charge in [0.05, 0.1) is 15.7 Å². The molecule has 0 fully saturated rings. The Morgan fingerprint density at radius 1 is 1.28 bits per heavy atom. The summed E-state index contributed by atoms with van der Waals surface area (Å²) in [5.41, 5.74) is 3.86. The van der Waals surface area contributed by atoms with E-state index in [2.05, 4.69) is 4.98 Å². The highest BCUT2D eigenvalue weighted by Crippen LogP contribution is 2.22. The van der Waals surface area contributed by atoms with Crippen LogP contribution < -0.4 is 5.48 Å². The summed E-state index contributed by atoms with van der Waals surface area (Å²) in [4.78, 5) is 15.4. The number of fused-ring (bicyclic) bond motifs is 1. The lowest BCUT2D eigenvalue weighted by molar-refractivity contribution is -0.124. The lowest BCUT2D eigenvalue weighted by atomic mass is 10.1. The van der Waals surface area contributed by atoms with Gasteiger partial charge >= 0.3 is 0 Å². The second-order valence-corrected chi connectivity index (χ2v) is 8.14. The Labute approximate surface area is 146 Å². The Morgan fingerprint density at radius 3 is 2.68 bits per heavy atom. The van der Waals surface area contributed by atoms with E-state index in [1.165, 1.54) is 23.8 Å². The van der Waals surface area contributed by atoms with Crippen LogP contribution >= 0.6 is 0 Å². The number of pyridine rings is 1. The average Bonchev–Trinajstić information content (AvgIpc) is 2.58. The Morgan fingerprint density at radius 2 is 2.00 bits per heavy atom. The molecule has 132 valence electrons. The molecule has 0 saturated heterocycles. The van der Waals surface area contributed by atoms with Crippen molar-refractivity contribution in [3.63, 3.8) is 0 Å². The SMILES string of the molecule is CC(/C=C/C(=O)NO)=C\C(C)S(=O)(=O)c1cnc2cc(C)ccc2c1.